The maximum Gasteiger partial charge on any atom is 0.163 e. The fraction of sp³-hybridized carbons (Fsp3) is 0.182. The monoisotopic (exact) mass is 503 g/mol. The highest BCUT2D eigenvalue weighted by Gasteiger charge is 2.13. The molecule has 0 aliphatic carbocycles. The van der Waals surface area contributed by atoms with Gasteiger partial charge in [-0.2, -0.15) is 0 Å². The molecular weight excluding hydrogens is 486 g/mol. The highest BCUT2D eigenvalue weighted by atomic mass is 79.9. The number of anilines is 1. The molecule has 0 amide bonds. The Bertz CT molecular complexity index is 940. The molecule has 4 rings (SSSR count). The van der Waals surface area contributed by atoms with Gasteiger partial charge in [-0.3, -0.25) is 0 Å². The van der Waals surface area contributed by atoms with Crippen molar-refractivity contribution in [2.24, 2.45) is 0 Å². The molecule has 0 saturated carbocycles. The van der Waals surface area contributed by atoms with Crippen molar-refractivity contribution in [3.63, 3.8) is 0 Å². The number of hydrogen-bond donors (Lipinski definition) is 1. The summed E-state index contributed by atoms with van der Waals surface area (Å²) in [6.07, 6.45) is 0. The predicted molar refractivity (Wildman–Crippen MR) is 117 cm³/mol. The third-order valence-corrected chi connectivity index (χ3v) is 5.50. The summed E-state index contributed by atoms with van der Waals surface area (Å²) >= 11 is 7.26. The number of halogens is 2. The molecule has 0 spiro atoms. The Morgan fingerprint density at radius 2 is 1.54 bits per heavy atom. The Morgan fingerprint density at radius 1 is 0.821 bits per heavy atom. The molecular formula is C22H19Br2NO3. The van der Waals surface area contributed by atoms with E-state index in [1.165, 1.54) is 0 Å². The first-order chi connectivity index (χ1) is 13.7. The third-order valence-electron chi connectivity index (χ3n) is 4.32. The molecule has 1 aliphatic heterocycles. The second-order valence-corrected chi connectivity index (χ2v) is 8.08. The van der Waals surface area contributed by atoms with E-state index >= 15 is 0 Å². The van der Waals surface area contributed by atoms with Crippen molar-refractivity contribution < 1.29 is 14.2 Å². The molecule has 0 unspecified atom stereocenters. The lowest BCUT2D eigenvalue weighted by atomic mass is 10.2. The number of hydrogen-bond acceptors (Lipinski definition) is 4. The van der Waals surface area contributed by atoms with Gasteiger partial charge in [-0.1, -0.05) is 30.3 Å². The van der Waals surface area contributed by atoms with Crippen LogP contribution in [0.25, 0.3) is 0 Å². The van der Waals surface area contributed by atoms with Crippen molar-refractivity contribution in [2.75, 3.05) is 18.5 Å². The van der Waals surface area contributed by atoms with Gasteiger partial charge in [-0.25, -0.2) is 0 Å². The van der Waals surface area contributed by atoms with Crippen molar-refractivity contribution in [1.82, 2.24) is 0 Å². The Morgan fingerprint density at radius 3 is 2.29 bits per heavy atom. The summed E-state index contributed by atoms with van der Waals surface area (Å²) in [7, 11) is 0. The number of benzene rings is 3. The van der Waals surface area contributed by atoms with Crippen LogP contribution < -0.4 is 19.5 Å². The van der Waals surface area contributed by atoms with E-state index in [2.05, 4.69) is 49.3 Å². The number of ether oxygens (including phenoxy) is 3. The molecule has 0 aromatic heterocycles. The standard InChI is InChI=1S/C22H19Br2NO3/c23-18-10-16(11-19(24)22(18)28-14-15-4-2-1-3-5-15)13-25-17-6-7-20-21(12-17)27-9-8-26-20/h1-7,10-12,25H,8-9,13-14H2. The van der Waals surface area contributed by atoms with Gasteiger partial charge in [0.05, 0.1) is 8.95 Å². The van der Waals surface area contributed by atoms with E-state index < -0.39 is 0 Å². The molecule has 144 valence electrons. The predicted octanol–water partition coefficient (Wildman–Crippen LogP) is 6.17. The van der Waals surface area contributed by atoms with Crippen molar-refractivity contribution >= 4 is 37.5 Å². The lowest BCUT2D eigenvalue weighted by Crippen LogP contribution is -2.15. The topological polar surface area (TPSA) is 39.7 Å². The van der Waals surface area contributed by atoms with Crippen LogP contribution >= 0.6 is 31.9 Å². The Labute approximate surface area is 181 Å². The highest BCUT2D eigenvalue weighted by Crippen LogP contribution is 2.36. The van der Waals surface area contributed by atoms with Crippen LogP contribution in [0.2, 0.25) is 0 Å². The fourth-order valence-corrected chi connectivity index (χ4v) is 4.45. The van der Waals surface area contributed by atoms with Gasteiger partial charge in [0.1, 0.15) is 25.6 Å². The van der Waals surface area contributed by atoms with Gasteiger partial charge < -0.3 is 19.5 Å². The summed E-state index contributed by atoms with van der Waals surface area (Å²) in [6, 6.07) is 20.1. The second kappa shape index (κ2) is 8.88. The molecule has 3 aromatic carbocycles. The number of fused-ring (bicyclic) bond motifs is 1. The Kier molecular flexibility index (Phi) is 6.07. The molecule has 3 aromatic rings. The normalized spacial score (nSPS) is 12.5. The maximum atomic E-state index is 5.99. The van der Waals surface area contributed by atoms with E-state index in [9.17, 15) is 0 Å². The fourth-order valence-electron chi connectivity index (χ4n) is 2.94. The minimum atomic E-state index is 0.521. The van der Waals surface area contributed by atoms with Crippen LogP contribution in [0, 0.1) is 0 Å². The molecule has 1 heterocycles. The van der Waals surface area contributed by atoms with E-state index in [4.69, 9.17) is 14.2 Å². The molecule has 0 bridgehead atoms. The summed E-state index contributed by atoms with van der Waals surface area (Å²) in [5, 5.41) is 3.42. The maximum absolute atomic E-state index is 5.99. The zero-order chi connectivity index (χ0) is 19.3. The number of nitrogens with one attached hydrogen (secondary N) is 1. The van der Waals surface area contributed by atoms with Crippen LogP contribution in [0.15, 0.2) is 69.6 Å². The Balaban J connectivity index is 1.41. The summed E-state index contributed by atoms with van der Waals surface area (Å²) < 4.78 is 19.0. The SMILES string of the molecule is Brc1cc(CNc2ccc3c(c2)OCCO3)cc(Br)c1OCc1ccccc1. The van der Waals surface area contributed by atoms with Crippen molar-refractivity contribution in [3.05, 3.63) is 80.7 Å². The zero-order valence-corrected chi connectivity index (χ0v) is 18.3. The van der Waals surface area contributed by atoms with Crippen LogP contribution in [0.3, 0.4) is 0 Å². The van der Waals surface area contributed by atoms with Crippen molar-refractivity contribution in [3.8, 4) is 17.2 Å². The van der Waals surface area contributed by atoms with Crippen LogP contribution in [-0.2, 0) is 13.2 Å². The average Bonchev–Trinajstić information content (AvgIpc) is 2.72. The largest absolute Gasteiger partial charge is 0.487 e. The number of rotatable bonds is 6. The first kappa shape index (κ1) is 19.2. The molecule has 0 radical (unpaired) electrons. The van der Waals surface area contributed by atoms with Gasteiger partial charge in [0.25, 0.3) is 0 Å². The van der Waals surface area contributed by atoms with Crippen LogP contribution in [0.4, 0.5) is 5.69 Å². The summed E-state index contributed by atoms with van der Waals surface area (Å²) in [5.74, 6) is 2.37. The summed E-state index contributed by atoms with van der Waals surface area (Å²) in [4.78, 5) is 0. The first-order valence-electron chi connectivity index (χ1n) is 8.97. The van der Waals surface area contributed by atoms with Crippen LogP contribution in [-0.4, -0.2) is 13.2 Å². The van der Waals surface area contributed by atoms with E-state index in [-0.39, 0.29) is 0 Å². The molecule has 28 heavy (non-hydrogen) atoms. The van der Waals surface area contributed by atoms with Gasteiger partial charge in [0, 0.05) is 18.3 Å². The molecule has 1 aliphatic rings. The molecule has 0 fully saturated rings. The van der Waals surface area contributed by atoms with Crippen molar-refractivity contribution in [2.45, 2.75) is 13.2 Å². The van der Waals surface area contributed by atoms with E-state index in [1.54, 1.807) is 0 Å². The van der Waals surface area contributed by atoms with Gasteiger partial charge in [-0.15, -0.1) is 0 Å². The van der Waals surface area contributed by atoms with Gasteiger partial charge in [-0.05, 0) is 67.3 Å². The lowest BCUT2D eigenvalue weighted by Gasteiger charge is -2.19. The van der Waals surface area contributed by atoms with Gasteiger partial charge >= 0.3 is 0 Å². The summed E-state index contributed by atoms with van der Waals surface area (Å²) in [5.41, 5.74) is 3.24. The summed E-state index contributed by atoms with van der Waals surface area (Å²) in [6.45, 7) is 2.38. The molecule has 6 heteroatoms. The van der Waals surface area contributed by atoms with Crippen LogP contribution in [0.5, 0.6) is 17.2 Å². The quantitative estimate of drug-likeness (QED) is 0.435. The minimum absolute atomic E-state index is 0.521. The molecule has 0 atom stereocenters. The van der Waals surface area contributed by atoms with Crippen molar-refractivity contribution in [1.29, 1.82) is 0 Å². The van der Waals surface area contributed by atoms with E-state index in [0.717, 1.165) is 43.0 Å². The van der Waals surface area contributed by atoms with E-state index in [0.29, 0.717) is 26.4 Å². The van der Waals surface area contributed by atoms with Gasteiger partial charge in [0.15, 0.2) is 11.5 Å². The molecule has 4 nitrogen and oxygen atoms in total. The minimum Gasteiger partial charge on any atom is -0.487 e. The smallest absolute Gasteiger partial charge is 0.163 e. The first-order valence-corrected chi connectivity index (χ1v) is 10.6. The third kappa shape index (κ3) is 4.62. The lowest BCUT2D eigenvalue weighted by molar-refractivity contribution is 0.171. The van der Waals surface area contributed by atoms with Gasteiger partial charge in [0.2, 0.25) is 0 Å². The van der Waals surface area contributed by atoms with Crippen LogP contribution in [0.1, 0.15) is 11.1 Å². The molecule has 1 N–H and O–H groups in total. The second-order valence-electron chi connectivity index (χ2n) is 6.37. The highest BCUT2D eigenvalue weighted by molar-refractivity contribution is 9.11. The Hall–Kier alpha value is -2.18. The van der Waals surface area contributed by atoms with E-state index in [1.807, 2.05) is 48.5 Å². The average molecular weight is 505 g/mol. The molecule has 0 saturated heterocycles. The zero-order valence-electron chi connectivity index (χ0n) is 15.1.